The normalized spacial score (nSPS) is 11.0. The number of carbonyl (C=O) groups is 1. The molecule has 0 heterocycles. The Bertz CT molecular complexity index is 163. The highest BCUT2D eigenvalue weighted by molar-refractivity contribution is 5.67. The van der Waals surface area contributed by atoms with Gasteiger partial charge in [-0.25, -0.2) is 0 Å². The highest BCUT2D eigenvalue weighted by Gasteiger charge is 2.33. The summed E-state index contributed by atoms with van der Waals surface area (Å²) >= 11 is 0. The van der Waals surface area contributed by atoms with E-state index in [0.717, 1.165) is 0 Å². The maximum atomic E-state index is 10.1. The summed E-state index contributed by atoms with van der Waals surface area (Å²) < 4.78 is 0. The molecule has 0 aromatic carbocycles. The first-order valence-electron chi connectivity index (χ1n) is 2.72. The van der Waals surface area contributed by atoms with Crippen LogP contribution in [0.5, 0.6) is 0 Å². The van der Waals surface area contributed by atoms with Crippen LogP contribution in [0.15, 0.2) is 0 Å². The fourth-order valence-corrected chi connectivity index (χ4v) is 0.435. The number of hydrogen-bond acceptors (Lipinski definition) is 3. The van der Waals surface area contributed by atoms with Gasteiger partial charge >= 0.3 is 5.97 Å². The number of carboxylic acid groups (broad SMARTS) is 1. The number of hydrogen-bond donors (Lipinski definition) is 1. The second-order valence-corrected chi connectivity index (χ2v) is 2.64. The second-order valence-electron chi connectivity index (χ2n) is 2.64. The molecule has 0 radical (unpaired) electrons. The fraction of sp³-hybridized carbons (Fsp3) is 0.800. The predicted octanol–water partition coefficient (Wildman–Crippen LogP) is 0.516. The highest BCUT2D eigenvalue weighted by Crippen LogP contribution is 2.11. The predicted molar refractivity (Wildman–Crippen MR) is 33.3 cm³/mol. The first-order valence-corrected chi connectivity index (χ1v) is 2.72. The van der Waals surface area contributed by atoms with Crippen molar-refractivity contribution < 1.29 is 14.8 Å². The lowest BCUT2D eigenvalue weighted by atomic mass is 10.0. The van der Waals surface area contributed by atoms with Crippen molar-refractivity contribution in [2.24, 2.45) is 0 Å². The van der Waals surface area contributed by atoms with E-state index in [4.69, 9.17) is 5.11 Å². The Morgan fingerprint density at radius 3 is 2.20 bits per heavy atom. The summed E-state index contributed by atoms with van der Waals surface area (Å²) in [5.41, 5.74) is -1.36. The summed E-state index contributed by atoms with van der Waals surface area (Å²) in [6.45, 7) is 2.56. The number of nitrogens with zero attached hydrogens (tertiary/aromatic N) is 1. The minimum absolute atomic E-state index is 0.444. The molecule has 0 rings (SSSR count). The van der Waals surface area contributed by atoms with Crippen LogP contribution in [0.25, 0.3) is 0 Å². The molecule has 0 bridgehead atoms. The van der Waals surface area contributed by atoms with Crippen molar-refractivity contribution in [3.8, 4) is 0 Å². The number of aliphatic carboxylic acids is 1. The van der Waals surface area contributed by atoms with Crippen LogP contribution in [0.3, 0.4) is 0 Å². The van der Waals surface area contributed by atoms with Gasteiger partial charge in [0.15, 0.2) is 0 Å². The van der Waals surface area contributed by atoms with Crippen LogP contribution < -0.4 is 0 Å². The van der Waals surface area contributed by atoms with Crippen molar-refractivity contribution >= 4 is 5.97 Å². The first-order chi connectivity index (χ1) is 4.36. The van der Waals surface area contributed by atoms with E-state index in [0.29, 0.717) is 0 Å². The molecule has 0 aliphatic carbocycles. The molecular weight excluding hydrogens is 138 g/mol. The van der Waals surface area contributed by atoms with Gasteiger partial charge in [0.1, 0.15) is 6.42 Å². The van der Waals surface area contributed by atoms with E-state index in [1.807, 2.05) is 0 Å². The van der Waals surface area contributed by atoms with Gasteiger partial charge in [-0.2, -0.15) is 0 Å². The molecule has 0 saturated heterocycles. The van der Waals surface area contributed by atoms with E-state index in [1.165, 1.54) is 13.8 Å². The molecule has 5 heteroatoms. The van der Waals surface area contributed by atoms with Crippen LogP contribution in [-0.2, 0) is 4.79 Å². The third-order valence-electron chi connectivity index (χ3n) is 1.08. The Balaban J connectivity index is 4.13. The fourth-order valence-electron chi connectivity index (χ4n) is 0.435. The number of nitro groups is 1. The zero-order valence-electron chi connectivity index (χ0n) is 5.83. The molecule has 0 aliphatic rings. The lowest BCUT2D eigenvalue weighted by Crippen LogP contribution is -2.33. The Morgan fingerprint density at radius 1 is 1.70 bits per heavy atom. The molecule has 0 aromatic rings. The molecule has 58 valence electrons. The van der Waals surface area contributed by atoms with Crippen molar-refractivity contribution in [2.75, 3.05) is 0 Å². The maximum Gasteiger partial charge on any atom is 0.310 e. The average molecular weight is 147 g/mol. The third-order valence-corrected chi connectivity index (χ3v) is 1.08. The Kier molecular flexibility index (Phi) is 2.34. The topological polar surface area (TPSA) is 80.4 Å². The van der Waals surface area contributed by atoms with Gasteiger partial charge in [-0.15, -0.1) is 0 Å². The van der Waals surface area contributed by atoms with Crippen molar-refractivity contribution in [3.05, 3.63) is 10.1 Å². The van der Waals surface area contributed by atoms with Gasteiger partial charge in [-0.1, -0.05) is 0 Å². The number of rotatable bonds is 3. The SMILES string of the molecule is CC(C)(CC(=O)O)[N+](=O)[O-]. The van der Waals surface area contributed by atoms with Crippen molar-refractivity contribution in [2.45, 2.75) is 25.8 Å². The molecule has 0 atom stereocenters. The number of carboxylic acids is 1. The summed E-state index contributed by atoms with van der Waals surface area (Å²) in [5, 5.41) is 18.3. The Labute approximate surface area is 57.8 Å². The van der Waals surface area contributed by atoms with Gasteiger partial charge in [-0.05, 0) is 0 Å². The van der Waals surface area contributed by atoms with Gasteiger partial charge < -0.3 is 5.11 Å². The van der Waals surface area contributed by atoms with E-state index in [-0.39, 0.29) is 0 Å². The molecular formula is C5H9NO4. The molecule has 5 nitrogen and oxygen atoms in total. The molecule has 0 amide bonds. The van der Waals surface area contributed by atoms with Crippen LogP contribution >= 0.6 is 0 Å². The lowest BCUT2D eigenvalue weighted by molar-refractivity contribution is -0.559. The van der Waals surface area contributed by atoms with Crippen LogP contribution in [0.1, 0.15) is 20.3 Å². The zero-order chi connectivity index (χ0) is 8.36. The van der Waals surface area contributed by atoms with Crippen molar-refractivity contribution in [1.82, 2.24) is 0 Å². The second kappa shape index (κ2) is 2.64. The minimum Gasteiger partial charge on any atom is -0.481 e. The van der Waals surface area contributed by atoms with Gasteiger partial charge in [0.25, 0.3) is 0 Å². The first kappa shape index (κ1) is 8.87. The Morgan fingerprint density at radius 2 is 2.10 bits per heavy atom. The summed E-state index contributed by atoms with van der Waals surface area (Å²) in [7, 11) is 0. The van der Waals surface area contributed by atoms with E-state index in [1.54, 1.807) is 0 Å². The minimum atomic E-state index is -1.36. The third kappa shape index (κ3) is 2.43. The zero-order valence-corrected chi connectivity index (χ0v) is 5.83. The summed E-state index contributed by atoms with van der Waals surface area (Å²) in [6.07, 6.45) is -0.444. The van der Waals surface area contributed by atoms with Crippen molar-refractivity contribution in [3.63, 3.8) is 0 Å². The largest absolute Gasteiger partial charge is 0.481 e. The van der Waals surface area contributed by atoms with Crippen LogP contribution in [0.4, 0.5) is 0 Å². The molecule has 0 aliphatic heterocycles. The molecule has 10 heavy (non-hydrogen) atoms. The van der Waals surface area contributed by atoms with E-state index in [9.17, 15) is 14.9 Å². The van der Waals surface area contributed by atoms with Gasteiger partial charge in [0, 0.05) is 18.8 Å². The summed E-state index contributed by atoms with van der Waals surface area (Å²) in [6, 6.07) is 0. The molecule has 0 spiro atoms. The van der Waals surface area contributed by atoms with Crippen molar-refractivity contribution in [1.29, 1.82) is 0 Å². The summed E-state index contributed by atoms with van der Waals surface area (Å²) in [4.78, 5) is 19.5. The van der Waals surface area contributed by atoms with Crippen LogP contribution in [-0.4, -0.2) is 21.5 Å². The Hall–Kier alpha value is -1.13. The van der Waals surface area contributed by atoms with Crippen LogP contribution in [0.2, 0.25) is 0 Å². The van der Waals surface area contributed by atoms with Gasteiger partial charge in [0.2, 0.25) is 5.54 Å². The highest BCUT2D eigenvalue weighted by atomic mass is 16.6. The molecule has 0 unspecified atom stereocenters. The van der Waals surface area contributed by atoms with E-state index >= 15 is 0 Å². The monoisotopic (exact) mass is 147 g/mol. The average Bonchev–Trinajstić information content (AvgIpc) is 1.60. The maximum absolute atomic E-state index is 10.1. The quantitative estimate of drug-likeness (QED) is 0.466. The summed E-state index contributed by atoms with van der Waals surface area (Å²) in [5.74, 6) is -1.15. The van der Waals surface area contributed by atoms with Gasteiger partial charge in [-0.3, -0.25) is 14.9 Å². The molecule has 0 saturated carbocycles. The van der Waals surface area contributed by atoms with E-state index in [2.05, 4.69) is 0 Å². The van der Waals surface area contributed by atoms with Crippen LogP contribution in [0, 0.1) is 10.1 Å². The molecule has 1 N–H and O–H groups in total. The molecule has 0 aromatic heterocycles. The van der Waals surface area contributed by atoms with E-state index < -0.39 is 22.9 Å². The standard InChI is InChI=1S/C5H9NO4/c1-5(2,6(9)10)3-4(7)8/h3H2,1-2H3,(H,7,8). The van der Waals surface area contributed by atoms with Gasteiger partial charge in [0.05, 0.1) is 0 Å². The molecule has 0 fully saturated rings. The lowest BCUT2D eigenvalue weighted by Gasteiger charge is -2.11. The smallest absolute Gasteiger partial charge is 0.310 e.